The molecule has 0 aliphatic carbocycles. The van der Waals surface area contributed by atoms with Gasteiger partial charge in [-0.1, -0.05) is 35.9 Å². The van der Waals surface area contributed by atoms with Gasteiger partial charge < -0.3 is 9.73 Å². The lowest BCUT2D eigenvalue weighted by molar-refractivity contribution is -0.121. The second-order valence-corrected chi connectivity index (χ2v) is 7.25. The molecular formula is C22H20ClN5O2. The van der Waals surface area contributed by atoms with Crippen LogP contribution in [0.3, 0.4) is 0 Å². The number of carbonyl (C=O) groups excluding carboxylic acids is 1. The molecule has 2 heterocycles. The molecule has 8 heteroatoms. The molecule has 1 N–H and O–H groups in total. The third kappa shape index (κ3) is 5.33. The smallest absolute Gasteiger partial charge is 0.220 e. The summed E-state index contributed by atoms with van der Waals surface area (Å²) in [4.78, 5) is 20.4. The van der Waals surface area contributed by atoms with Gasteiger partial charge in [0.1, 0.15) is 12.7 Å². The van der Waals surface area contributed by atoms with Gasteiger partial charge in [0, 0.05) is 30.0 Å². The Bertz CT molecular complexity index is 1090. The molecule has 2 aromatic heterocycles. The standard InChI is InChI=1S/C22H20ClN5O2/c23-19-7-5-18(6-8-19)20-12-26-22(30-20)10-9-21(29)25-11-16-1-3-17(4-2-16)13-28-15-24-14-27-28/h1-8,12,14-15H,9-11,13H2,(H,25,29). The molecule has 0 radical (unpaired) electrons. The molecule has 0 atom stereocenters. The minimum atomic E-state index is -0.0482. The van der Waals surface area contributed by atoms with Crippen molar-refractivity contribution in [2.24, 2.45) is 0 Å². The van der Waals surface area contributed by atoms with Crippen LogP contribution in [0.15, 0.2) is 71.8 Å². The summed E-state index contributed by atoms with van der Waals surface area (Å²) in [6, 6.07) is 15.4. The van der Waals surface area contributed by atoms with E-state index in [1.807, 2.05) is 36.4 Å². The number of aromatic nitrogens is 4. The van der Waals surface area contributed by atoms with Gasteiger partial charge in [0.25, 0.3) is 0 Å². The van der Waals surface area contributed by atoms with E-state index < -0.39 is 0 Å². The summed E-state index contributed by atoms with van der Waals surface area (Å²) < 4.78 is 7.49. The van der Waals surface area contributed by atoms with E-state index in [1.165, 1.54) is 6.33 Å². The monoisotopic (exact) mass is 421 g/mol. The van der Waals surface area contributed by atoms with E-state index in [1.54, 1.807) is 29.3 Å². The zero-order valence-electron chi connectivity index (χ0n) is 16.2. The van der Waals surface area contributed by atoms with E-state index in [0.717, 1.165) is 16.7 Å². The first-order valence-corrected chi connectivity index (χ1v) is 9.91. The summed E-state index contributed by atoms with van der Waals surface area (Å²) in [5.74, 6) is 1.15. The average molecular weight is 422 g/mol. The third-order valence-corrected chi connectivity index (χ3v) is 4.82. The second-order valence-electron chi connectivity index (χ2n) is 6.81. The Morgan fingerprint density at radius 1 is 1.07 bits per heavy atom. The number of aryl methyl sites for hydroxylation is 1. The Morgan fingerprint density at radius 3 is 2.57 bits per heavy atom. The highest BCUT2D eigenvalue weighted by atomic mass is 35.5. The predicted octanol–water partition coefficient (Wildman–Crippen LogP) is 3.88. The van der Waals surface area contributed by atoms with Gasteiger partial charge in [0.15, 0.2) is 11.7 Å². The lowest BCUT2D eigenvalue weighted by atomic mass is 10.1. The lowest BCUT2D eigenvalue weighted by Gasteiger charge is -2.06. The van der Waals surface area contributed by atoms with E-state index in [0.29, 0.717) is 42.6 Å². The van der Waals surface area contributed by atoms with Crippen molar-refractivity contribution in [2.45, 2.75) is 25.9 Å². The maximum absolute atomic E-state index is 12.2. The summed E-state index contributed by atoms with van der Waals surface area (Å²) in [6.45, 7) is 1.14. The molecule has 30 heavy (non-hydrogen) atoms. The van der Waals surface area contributed by atoms with Crippen molar-refractivity contribution in [3.8, 4) is 11.3 Å². The number of nitrogens with zero attached hydrogens (tertiary/aromatic N) is 4. The highest BCUT2D eigenvalue weighted by molar-refractivity contribution is 6.30. The maximum atomic E-state index is 12.2. The molecule has 0 aliphatic heterocycles. The van der Waals surface area contributed by atoms with Crippen LogP contribution >= 0.6 is 11.6 Å². The minimum Gasteiger partial charge on any atom is -0.441 e. The predicted molar refractivity (Wildman–Crippen MR) is 113 cm³/mol. The normalized spacial score (nSPS) is 10.8. The molecule has 4 aromatic rings. The van der Waals surface area contributed by atoms with Crippen LogP contribution < -0.4 is 5.32 Å². The van der Waals surface area contributed by atoms with Crippen LogP contribution in [0, 0.1) is 0 Å². The van der Waals surface area contributed by atoms with Crippen LogP contribution in [0.25, 0.3) is 11.3 Å². The van der Waals surface area contributed by atoms with Gasteiger partial charge in [0.05, 0.1) is 12.7 Å². The molecule has 0 saturated carbocycles. The molecule has 152 valence electrons. The number of oxazole rings is 1. The zero-order chi connectivity index (χ0) is 20.8. The molecule has 4 rings (SSSR count). The number of amides is 1. The molecule has 0 unspecified atom stereocenters. The summed E-state index contributed by atoms with van der Waals surface area (Å²) in [6.07, 6.45) is 5.61. The van der Waals surface area contributed by atoms with E-state index in [9.17, 15) is 4.79 Å². The summed E-state index contributed by atoms with van der Waals surface area (Å²) in [5.41, 5.74) is 3.05. The van der Waals surface area contributed by atoms with Gasteiger partial charge in [-0.25, -0.2) is 14.6 Å². The Labute approximate surface area is 178 Å². The van der Waals surface area contributed by atoms with Gasteiger partial charge >= 0.3 is 0 Å². The lowest BCUT2D eigenvalue weighted by Crippen LogP contribution is -2.23. The quantitative estimate of drug-likeness (QED) is 0.466. The Morgan fingerprint density at radius 2 is 1.83 bits per heavy atom. The highest BCUT2D eigenvalue weighted by Crippen LogP contribution is 2.22. The van der Waals surface area contributed by atoms with Crippen LogP contribution in [0.4, 0.5) is 0 Å². The fraction of sp³-hybridized carbons (Fsp3) is 0.182. The van der Waals surface area contributed by atoms with Crippen molar-refractivity contribution >= 4 is 17.5 Å². The van der Waals surface area contributed by atoms with Gasteiger partial charge in [-0.15, -0.1) is 0 Å². The van der Waals surface area contributed by atoms with Crippen molar-refractivity contribution in [3.05, 3.63) is 89.4 Å². The fourth-order valence-electron chi connectivity index (χ4n) is 2.95. The number of hydrogen-bond acceptors (Lipinski definition) is 5. The van der Waals surface area contributed by atoms with Crippen molar-refractivity contribution in [1.29, 1.82) is 0 Å². The van der Waals surface area contributed by atoms with E-state index in [-0.39, 0.29) is 5.91 Å². The topological polar surface area (TPSA) is 85.8 Å². The SMILES string of the molecule is O=C(CCc1ncc(-c2ccc(Cl)cc2)o1)NCc1ccc(Cn2cncn2)cc1. The van der Waals surface area contributed by atoms with Crippen molar-refractivity contribution in [3.63, 3.8) is 0 Å². The summed E-state index contributed by atoms with van der Waals surface area (Å²) in [7, 11) is 0. The van der Waals surface area contributed by atoms with Crippen LogP contribution in [0.5, 0.6) is 0 Å². The second kappa shape index (κ2) is 9.37. The van der Waals surface area contributed by atoms with Crippen LogP contribution in [-0.4, -0.2) is 25.7 Å². The minimum absolute atomic E-state index is 0.0482. The summed E-state index contributed by atoms with van der Waals surface area (Å²) in [5, 5.41) is 7.69. The van der Waals surface area contributed by atoms with Crippen LogP contribution in [-0.2, 0) is 24.3 Å². The van der Waals surface area contributed by atoms with Gasteiger partial charge in [-0.3, -0.25) is 4.79 Å². The first kappa shape index (κ1) is 19.8. The Balaban J connectivity index is 1.23. The number of halogens is 1. The number of carbonyl (C=O) groups is 1. The highest BCUT2D eigenvalue weighted by Gasteiger charge is 2.09. The number of benzene rings is 2. The Hall–Kier alpha value is -3.45. The van der Waals surface area contributed by atoms with Crippen molar-refractivity contribution in [1.82, 2.24) is 25.1 Å². The van der Waals surface area contributed by atoms with Crippen LogP contribution in [0.1, 0.15) is 23.4 Å². The first-order valence-electron chi connectivity index (χ1n) is 9.53. The molecule has 0 spiro atoms. The molecule has 0 fully saturated rings. The van der Waals surface area contributed by atoms with Gasteiger partial charge in [0.2, 0.25) is 5.91 Å². The average Bonchev–Trinajstić information content (AvgIpc) is 3.44. The molecule has 1 amide bonds. The molecule has 2 aromatic carbocycles. The maximum Gasteiger partial charge on any atom is 0.220 e. The van der Waals surface area contributed by atoms with Gasteiger partial charge in [-0.2, -0.15) is 5.10 Å². The van der Waals surface area contributed by atoms with Crippen LogP contribution in [0.2, 0.25) is 5.02 Å². The first-order chi connectivity index (χ1) is 14.7. The van der Waals surface area contributed by atoms with Crippen molar-refractivity contribution < 1.29 is 9.21 Å². The van der Waals surface area contributed by atoms with E-state index in [2.05, 4.69) is 20.4 Å². The third-order valence-electron chi connectivity index (χ3n) is 4.57. The number of rotatable bonds is 8. The Kier molecular flexibility index (Phi) is 6.20. The molecular weight excluding hydrogens is 402 g/mol. The molecule has 0 aliphatic rings. The molecule has 0 saturated heterocycles. The van der Waals surface area contributed by atoms with E-state index >= 15 is 0 Å². The van der Waals surface area contributed by atoms with Gasteiger partial charge in [-0.05, 0) is 35.4 Å². The number of nitrogens with one attached hydrogen (secondary N) is 1. The number of hydrogen-bond donors (Lipinski definition) is 1. The fourth-order valence-corrected chi connectivity index (χ4v) is 3.07. The zero-order valence-corrected chi connectivity index (χ0v) is 16.9. The largest absolute Gasteiger partial charge is 0.441 e. The molecule has 0 bridgehead atoms. The van der Waals surface area contributed by atoms with Crippen molar-refractivity contribution in [2.75, 3.05) is 0 Å². The molecule has 7 nitrogen and oxygen atoms in total. The van der Waals surface area contributed by atoms with E-state index in [4.69, 9.17) is 16.0 Å². The summed E-state index contributed by atoms with van der Waals surface area (Å²) >= 11 is 5.90.